The van der Waals surface area contributed by atoms with E-state index in [-0.39, 0.29) is 5.91 Å². The third-order valence-electron chi connectivity index (χ3n) is 3.96. The van der Waals surface area contributed by atoms with E-state index in [9.17, 15) is 4.79 Å². The maximum Gasteiger partial charge on any atom is 0.220 e. The SMILES string of the molecule is CCCOc1ccccc1CCCNC(=O)CCc1ccccc1Cl. The third-order valence-corrected chi connectivity index (χ3v) is 4.33. The highest BCUT2D eigenvalue weighted by atomic mass is 35.5. The molecule has 0 aliphatic carbocycles. The number of ether oxygens (including phenoxy) is 1. The van der Waals surface area contributed by atoms with E-state index in [0.717, 1.165) is 42.2 Å². The second-order valence-electron chi connectivity index (χ2n) is 6.00. The summed E-state index contributed by atoms with van der Waals surface area (Å²) in [5.41, 5.74) is 2.21. The van der Waals surface area contributed by atoms with Gasteiger partial charge in [0.2, 0.25) is 5.91 Å². The first kappa shape index (κ1) is 19.3. The van der Waals surface area contributed by atoms with E-state index in [4.69, 9.17) is 16.3 Å². The van der Waals surface area contributed by atoms with Crippen LogP contribution in [0.3, 0.4) is 0 Å². The van der Waals surface area contributed by atoms with Crippen LogP contribution in [0, 0.1) is 0 Å². The Balaban J connectivity index is 1.69. The molecule has 0 radical (unpaired) electrons. The van der Waals surface area contributed by atoms with Gasteiger partial charge in [-0.2, -0.15) is 0 Å². The summed E-state index contributed by atoms with van der Waals surface area (Å²) in [6.07, 6.45) is 3.91. The molecule has 2 aromatic carbocycles. The quantitative estimate of drug-likeness (QED) is 0.618. The number of hydrogen-bond donors (Lipinski definition) is 1. The number of para-hydroxylation sites is 1. The van der Waals surface area contributed by atoms with Crippen molar-refractivity contribution in [1.29, 1.82) is 0 Å². The first-order valence-corrected chi connectivity index (χ1v) is 9.29. The monoisotopic (exact) mass is 359 g/mol. The third kappa shape index (κ3) is 6.79. The fourth-order valence-electron chi connectivity index (χ4n) is 2.61. The van der Waals surface area contributed by atoms with E-state index in [1.165, 1.54) is 5.56 Å². The summed E-state index contributed by atoms with van der Waals surface area (Å²) in [5, 5.41) is 3.70. The Morgan fingerprint density at radius 2 is 1.76 bits per heavy atom. The summed E-state index contributed by atoms with van der Waals surface area (Å²) in [4.78, 5) is 12.0. The van der Waals surface area contributed by atoms with Crippen molar-refractivity contribution in [2.24, 2.45) is 0 Å². The first-order chi connectivity index (χ1) is 12.2. The average molecular weight is 360 g/mol. The Labute approximate surface area is 155 Å². The number of aryl methyl sites for hydroxylation is 2. The van der Waals surface area contributed by atoms with Gasteiger partial charge in [-0.25, -0.2) is 0 Å². The zero-order chi connectivity index (χ0) is 17.9. The first-order valence-electron chi connectivity index (χ1n) is 8.91. The number of carbonyl (C=O) groups is 1. The van der Waals surface area contributed by atoms with Crippen LogP contribution in [0.25, 0.3) is 0 Å². The van der Waals surface area contributed by atoms with Crippen LogP contribution in [-0.4, -0.2) is 19.1 Å². The van der Waals surface area contributed by atoms with Crippen molar-refractivity contribution < 1.29 is 9.53 Å². The molecule has 4 heteroatoms. The Morgan fingerprint density at radius 1 is 1.04 bits per heavy atom. The highest BCUT2D eigenvalue weighted by Gasteiger charge is 2.06. The highest BCUT2D eigenvalue weighted by molar-refractivity contribution is 6.31. The van der Waals surface area contributed by atoms with Crippen LogP contribution in [0.5, 0.6) is 5.75 Å². The van der Waals surface area contributed by atoms with Gasteiger partial charge in [0.1, 0.15) is 5.75 Å². The fraction of sp³-hybridized carbons (Fsp3) is 0.381. The topological polar surface area (TPSA) is 38.3 Å². The summed E-state index contributed by atoms with van der Waals surface area (Å²) < 4.78 is 5.76. The van der Waals surface area contributed by atoms with E-state index in [1.54, 1.807) is 0 Å². The molecule has 0 unspecified atom stereocenters. The number of rotatable bonds is 10. The predicted octanol–water partition coefficient (Wildman–Crippen LogP) is 4.81. The molecule has 2 aromatic rings. The molecule has 134 valence electrons. The molecule has 0 aliphatic heterocycles. The number of amides is 1. The van der Waals surface area contributed by atoms with Gasteiger partial charge in [0, 0.05) is 18.0 Å². The predicted molar refractivity (Wildman–Crippen MR) is 103 cm³/mol. The van der Waals surface area contributed by atoms with Crippen LogP contribution in [0.1, 0.15) is 37.3 Å². The standard InChI is InChI=1S/C21H26ClNO2/c1-2-16-25-20-12-6-4-9-18(20)10-7-15-23-21(24)14-13-17-8-3-5-11-19(17)22/h3-6,8-9,11-12H,2,7,10,13-16H2,1H3,(H,23,24). The van der Waals surface area contributed by atoms with Crippen molar-refractivity contribution in [2.45, 2.75) is 39.0 Å². The van der Waals surface area contributed by atoms with E-state index >= 15 is 0 Å². The molecule has 0 atom stereocenters. The molecule has 1 N–H and O–H groups in total. The maximum absolute atomic E-state index is 12.0. The smallest absolute Gasteiger partial charge is 0.220 e. The van der Waals surface area contributed by atoms with Gasteiger partial charge < -0.3 is 10.1 Å². The van der Waals surface area contributed by atoms with Gasteiger partial charge in [-0.3, -0.25) is 4.79 Å². The molecule has 25 heavy (non-hydrogen) atoms. The van der Waals surface area contributed by atoms with Gasteiger partial charge in [0.05, 0.1) is 6.61 Å². The van der Waals surface area contributed by atoms with Crippen LogP contribution in [0.2, 0.25) is 5.02 Å². The molecule has 0 fully saturated rings. The van der Waals surface area contributed by atoms with Crippen molar-refractivity contribution in [1.82, 2.24) is 5.32 Å². The number of halogens is 1. The molecular weight excluding hydrogens is 334 g/mol. The van der Waals surface area contributed by atoms with Crippen molar-refractivity contribution in [3.8, 4) is 5.75 Å². The molecule has 0 saturated heterocycles. The lowest BCUT2D eigenvalue weighted by atomic mass is 10.1. The molecule has 3 nitrogen and oxygen atoms in total. The summed E-state index contributed by atoms with van der Waals surface area (Å²) in [5.74, 6) is 1.02. The molecule has 0 bridgehead atoms. The van der Waals surface area contributed by atoms with E-state index in [1.807, 2.05) is 42.5 Å². The minimum atomic E-state index is 0.0652. The van der Waals surface area contributed by atoms with Gasteiger partial charge >= 0.3 is 0 Å². The molecular formula is C21H26ClNO2. The highest BCUT2D eigenvalue weighted by Crippen LogP contribution is 2.19. The second kappa shape index (κ2) is 10.8. The number of nitrogens with one attached hydrogen (secondary N) is 1. The minimum absolute atomic E-state index is 0.0652. The van der Waals surface area contributed by atoms with Crippen molar-refractivity contribution in [2.75, 3.05) is 13.2 Å². The van der Waals surface area contributed by atoms with Gasteiger partial charge in [-0.1, -0.05) is 54.9 Å². The van der Waals surface area contributed by atoms with Crippen LogP contribution < -0.4 is 10.1 Å². The van der Waals surface area contributed by atoms with Crippen LogP contribution in [0.4, 0.5) is 0 Å². The Morgan fingerprint density at radius 3 is 2.52 bits per heavy atom. The molecule has 0 saturated carbocycles. The van der Waals surface area contributed by atoms with Crippen molar-refractivity contribution >= 4 is 17.5 Å². The number of benzene rings is 2. The zero-order valence-corrected chi connectivity index (χ0v) is 15.5. The summed E-state index contributed by atoms with van der Waals surface area (Å²) >= 11 is 6.11. The van der Waals surface area contributed by atoms with Gasteiger partial charge in [0.15, 0.2) is 0 Å². The minimum Gasteiger partial charge on any atom is -0.493 e. The van der Waals surface area contributed by atoms with Gasteiger partial charge in [-0.05, 0) is 48.9 Å². The number of hydrogen-bond acceptors (Lipinski definition) is 2. The lowest BCUT2D eigenvalue weighted by molar-refractivity contribution is -0.121. The van der Waals surface area contributed by atoms with Crippen LogP contribution >= 0.6 is 11.6 Å². The van der Waals surface area contributed by atoms with E-state index < -0.39 is 0 Å². The summed E-state index contributed by atoms with van der Waals surface area (Å²) in [7, 11) is 0. The molecule has 1 amide bonds. The Bertz CT molecular complexity index is 672. The molecule has 0 aliphatic rings. The second-order valence-corrected chi connectivity index (χ2v) is 6.41. The van der Waals surface area contributed by atoms with Crippen LogP contribution in [-0.2, 0) is 17.6 Å². The summed E-state index contributed by atoms with van der Waals surface area (Å²) in [6, 6.07) is 15.8. The molecule has 0 heterocycles. The van der Waals surface area contributed by atoms with E-state index in [2.05, 4.69) is 18.3 Å². The largest absolute Gasteiger partial charge is 0.493 e. The Hall–Kier alpha value is -2.00. The average Bonchev–Trinajstić information content (AvgIpc) is 2.63. The van der Waals surface area contributed by atoms with Gasteiger partial charge in [0.25, 0.3) is 0 Å². The normalized spacial score (nSPS) is 10.5. The maximum atomic E-state index is 12.0. The zero-order valence-electron chi connectivity index (χ0n) is 14.8. The fourth-order valence-corrected chi connectivity index (χ4v) is 2.84. The van der Waals surface area contributed by atoms with Crippen molar-refractivity contribution in [3.05, 3.63) is 64.7 Å². The lowest BCUT2D eigenvalue weighted by Crippen LogP contribution is -2.25. The molecule has 0 aromatic heterocycles. The Kier molecular flexibility index (Phi) is 8.33. The van der Waals surface area contributed by atoms with Crippen molar-refractivity contribution in [3.63, 3.8) is 0 Å². The molecule has 2 rings (SSSR count). The number of carbonyl (C=O) groups excluding carboxylic acids is 1. The van der Waals surface area contributed by atoms with Gasteiger partial charge in [-0.15, -0.1) is 0 Å². The van der Waals surface area contributed by atoms with E-state index in [0.29, 0.717) is 19.4 Å². The summed E-state index contributed by atoms with van der Waals surface area (Å²) in [6.45, 7) is 3.50. The van der Waals surface area contributed by atoms with Crippen LogP contribution in [0.15, 0.2) is 48.5 Å². The lowest BCUT2D eigenvalue weighted by Gasteiger charge is -2.11. The molecule has 0 spiro atoms.